The number of nitrogens with zero attached hydrogens (tertiary/aromatic N) is 2. The van der Waals surface area contributed by atoms with Gasteiger partial charge in [0.25, 0.3) is 5.69 Å². The molecular formula is C13H17N3O2. The highest BCUT2D eigenvalue weighted by atomic mass is 16.6. The van der Waals surface area contributed by atoms with Gasteiger partial charge in [0.2, 0.25) is 0 Å². The number of hydrogen-bond acceptors (Lipinski definition) is 4. The summed E-state index contributed by atoms with van der Waals surface area (Å²) in [7, 11) is 0. The standard InChI is InChI=1S/C13H17N3O2/c17-16(18)13-9-5-8-12(10-13)15-14-11-6-3-1-2-4-7-11/h5,8-10,15H,1-4,6-7H2. The van der Waals surface area contributed by atoms with Crippen LogP contribution in [0.4, 0.5) is 11.4 Å². The second kappa shape index (κ2) is 6.14. The first-order valence-electron chi connectivity index (χ1n) is 6.31. The number of non-ortho nitro benzene ring substituents is 1. The van der Waals surface area contributed by atoms with Crippen LogP contribution in [0.3, 0.4) is 0 Å². The van der Waals surface area contributed by atoms with E-state index in [0.717, 1.165) is 12.8 Å². The Morgan fingerprint density at radius 1 is 1.17 bits per heavy atom. The minimum Gasteiger partial charge on any atom is -0.278 e. The third-order valence-corrected chi connectivity index (χ3v) is 3.08. The van der Waals surface area contributed by atoms with Gasteiger partial charge in [-0.15, -0.1) is 0 Å². The molecular weight excluding hydrogens is 230 g/mol. The molecule has 18 heavy (non-hydrogen) atoms. The molecule has 96 valence electrons. The normalized spacial score (nSPS) is 15.9. The van der Waals surface area contributed by atoms with Crippen molar-refractivity contribution in [2.45, 2.75) is 38.5 Å². The van der Waals surface area contributed by atoms with Crippen molar-refractivity contribution in [3.63, 3.8) is 0 Å². The maximum Gasteiger partial charge on any atom is 0.271 e. The number of nitro groups is 1. The van der Waals surface area contributed by atoms with Crippen molar-refractivity contribution in [1.29, 1.82) is 0 Å². The van der Waals surface area contributed by atoms with Crippen LogP contribution >= 0.6 is 0 Å². The van der Waals surface area contributed by atoms with E-state index in [4.69, 9.17) is 0 Å². The van der Waals surface area contributed by atoms with Crippen molar-refractivity contribution in [2.24, 2.45) is 5.10 Å². The molecule has 0 aromatic heterocycles. The van der Waals surface area contributed by atoms with E-state index in [-0.39, 0.29) is 5.69 Å². The first-order valence-corrected chi connectivity index (χ1v) is 6.31. The van der Waals surface area contributed by atoms with E-state index in [2.05, 4.69) is 10.5 Å². The number of rotatable bonds is 3. The van der Waals surface area contributed by atoms with Gasteiger partial charge in [-0.05, 0) is 31.7 Å². The third kappa shape index (κ3) is 3.55. The van der Waals surface area contributed by atoms with Crippen molar-refractivity contribution < 1.29 is 4.92 Å². The molecule has 0 amide bonds. The van der Waals surface area contributed by atoms with Gasteiger partial charge in [-0.3, -0.25) is 15.5 Å². The number of hydrazone groups is 1. The lowest BCUT2D eigenvalue weighted by atomic mass is 10.2. The maximum atomic E-state index is 10.6. The molecule has 0 aliphatic heterocycles. The van der Waals surface area contributed by atoms with Gasteiger partial charge >= 0.3 is 0 Å². The van der Waals surface area contributed by atoms with Gasteiger partial charge in [-0.2, -0.15) is 5.10 Å². The van der Waals surface area contributed by atoms with Gasteiger partial charge in [0.05, 0.1) is 10.6 Å². The molecule has 5 heteroatoms. The minimum atomic E-state index is -0.399. The average molecular weight is 247 g/mol. The van der Waals surface area contributed by atoms with Gasteiger partial charge in [0, 0.05) is 17.8 Å². The van der Waals surface area contributed by atoms with Crippen molar-refractivity contribution in [1.82, 2.24) is 0 Å². The van der Waals surface area contributed by atoms with E-state index in [9.17, 15) is 10.1 Å². The van der Waals surface area contributed by atoms with E-state index in [1.54, 1.807) is 12.1 Å². The molecule has 2 rings (SSSR count). The van der Waals surface area contributed by atoms with Crippen molar-refractivity contribution >= 4 is 17.1 Å². The van der Waals surface area contributed by atoms with Crippen molar-refractivity contribution in [2.75, 3.05) is 5.43 Å². The highest BCUT2D eigenvalue weighted by Crippen LogP contribution is 2.18. The predicted molar refractivity (Wildman–Crippen MR) is 71.9 cm³/mol. The molecule has 5 nitrogen and oxygen atoms in total. The van der Waals surface area contributed by atoms with E-state index in [0.29, 0.717) is 5.69 Å². The second-order valence-corrected chi connectivity index (χ2v) is 4.51. The van der Waals surface area contributed by atoms with Gasteiger partial charge in [0.15, 0.2) is 0 Å². The molecule has 0 bridgehead atoms. The summed E-state index contributed by atoms with van der Waals surface area (Å²) in [6, 6.07) is 6.42. The molecule has 0 atom stereocenters. The second-order valence-electron chi connectivity index (χ2n) is 4.51. The first kappa shape index (κ1) is 12.5. The Morgan fingerprint density at radius 3 is 2.56 bits per heavy atom. The molecule has 1 aromatic rings. The topological polar surface area (TPSA) is 67.5 Å². The highest BCUT2D eigenvalue weighted by Gasteiger charge is 2.07. The Hall–Kier alpha value is -1.91. The quantitative estimate of drug-likeness (QED) is 0.503. The fourth-order valence-corrected chi connectivity index (χ4v) is 2.08. The Labute approximate surface area is 106 Å². The molecule has 1 aliphatic rings. The Morgan fingerprint density at radius 2 is 1.89 bits per heavy atom. The lowest BCUT2D eigenvalue weighted by Gasteiger charge is -2.04. The SMILES string of the molecule is O=[N+]([O-])c1cccc(NN=C2CCCCCC2)c1. The summed E-state index contributed by atoms with van der Waals surface area (Å²) >= 11 is 0. The number of anilines is 1. The van der Waals surface area contributed by atoms with Crippen molar-refractivity contribution in [3.8, 4) is 0 Å². The summed E-state index contributed by atoms with van der Waals surface area (Å²) in [6.07, 6.45) is 6.99. The van der Waals surface area contributed by atoms with Gasteiger partial charge in [-0.1, -0.05) is 18.9 Å². The van der Waals surface area contributed by atoms with Crippen LogP contribution in [-0.2, 0) is 0 Å². The fraction of sp³-hybridized carbons (Fsp3) is 0.462. The molecule has 0 spiro atoms. The average Bonchev–Trinajstić information content (AvgIpc) is 2.65. The molecule has 1 aromatic carbocycles. The molecule has 0 radical (unpaired) electrons. The van der Waals surface area contributed by atoms with Gasteiger partial charge < -0.3 is 0 Å². The summed E-state index contributed by atoms with van der Waals surface area (Å²) in [4.78, 5) is 10.2. The molecule has 0 unspecified atom stereocenters. The summed E-state index contributed by atoms with van der Waals surface area (Å²) < 4.78 is 0. The van der Waals surface area contributed by atoms with Gasteiger partial charge in [-0.25, -0.2) is 0 Å². The van der Waals surface area contributed by atoms with Crippen LogP contribution in [0.15, 0.2) is 29.4 Å². The van der Waals surface area contributed by atoms with E-state index >= 15 is 0 Å². The first-order chi connectivity index (χ1) is 8.75. The summed E-state index contributed by atoms with van der Waals surface area (Å²) in [5, 5.41) is 15.0. The zero-order valence-electron chi connectivity index (χ0n) is 10.3. The van der Waals surface area contributed by atoms with Crippen LogP contribution in [-0.4, -0.2) is 10.6 Å². The zero-order valence-corrected chi connectivity index (χ0v) is 10.3. The van der Waals surface area contributed by atoms with Gasteiger partial charge in [0.1, 0.15) is 0 Å². The number of benzene rings is 1. The van der Waals surface area contributed by atoms with Crippen LogP contribution in [0.1, 0.15) is 38.5 Å². The fourth-order valence-electron chi connectivity index (χ4n) is 2.08. The Balaban J connectivity index is 2.02. The van der Waals surface area contributed by atoms with Crippen LogP contribution in [0.5, 0.6) is 0 Å². The molecule has 0 saturated heterocycles. The lowest BCUT2D eigenvalue weighted by molar-refractivity contribution is -0.384. The zero-order chi connectivity index (χ0) is 12.8. The molecule has 1 fully saturated rings. The largest absolute Gasteiger partial charge is 0.278 e. The summed E-state index contributed by atoms with van der Waals surface area (Å²) in [6.45, 7) is 0. The molecule has 0 heterocycles. The number of hydrogen-bond donors (Lipinski definition) is 1. The van der Waals surface area contributed by atoms with E-state index in [1.165, 1.54) is 43.5 Å². The summed E-state index contributed by atoms with van der Waals surface area (Å²) in [5.74, 6) is 0. The maximum absolute atomic E-state index is 10.6. The van der Waals surface area contributed by atoms with Crippen LogP contribution in [0.2, 0.25) is 0 Å². The predicted octanol–water partition coefficient (Wildman–Crippen LogP) is 3.72. The Kier molecular flexibility index (Phi) is 4.28. The van der Waals surface area contributed by atoms with E-state index < -0.39 is 4.92 Å². The van der Waals surface area contributed by atoms with Crippen LogP contribution in [0.25, 0.3) is 0 Å². The Bertz CT molecular complexity index is 447. The number of nitrogens with one attached hydrogen (secondary N) is 1. The lowest BCUT2D eigenvalue weighted by Crippen LogP contribution is -2.01. The number of nitro benzene ring substituents is 1. The molecule has 1 saturated carbocycles. The summed E-state index contributed by atoms with van der Waals surface area (Å²) in [5.41, 5.74) is 4.84. The smallest absolute Gasteiger partial charge is 0.271 e. The van der Waals surface area contributed by atoms with Crippen LogP contribution in [0, 0.1) is 10.1 Å². The minimum absolute atomic E-state index is 0.0843. The monoisotopic (exact) mass is 247 g/mol. The van der Waals surface area contributed by atoms with E-state index in [1.807, 2.05) is 0 Å². The third-order valence-electron chi connectivity index (χ3n) is 3.08. The molecule has 1 aliphatic carbocycles. The van der Waals surface area contributed by atoms with Crippen molar-refractivity contribution in [3.05, 3.63) is 34.4 Å². The highest BCUT2D eigenvalue weighted by molar-refractivity contribution is 5.85. The molecule has 1 N–H and O–H groups in total. The van der Waals surface area contributed by atoms with Crippen LogP contribution < -0.4 is 5.43 Å².